The van der Waals surface area contributed by atoms with E-state index in [1.54, 1.807) is 21.0 Å². The number of ether oxygens (including phenoxy) is 2. The van der Waals surface area contributed by atoms with Crippen LogP contribution in [0, 0.1) is 0 Å². The highest BCUT2D eigenvalue weighted by Crippen LogP contribution is 2.13. The Hall–Kier alpha value is -1.10. The first kappa shape index (κ1) is 16.0. The minimum absolute atomic E-state index is 0.561. The Bertz CT molecular complexity index is 361. The zero-order chi connectivity index (χ0) is 14.1. The minimum Gasteiger partial charge on any atom is -0.493 e. The Balaban J connectivity index is 2.35. The molecule has 0 unspecified atom stereocenters. The summed E-state index contributed by atoms with van der Waals surface area (Å²) in [5.41, 5.74) is 0.461. The van der Waals surface area contributed by atoms with Crippen LogP contribution in [-0.2, 0) is 11.3 Å². The molecule has 1 aromatic rings. The van der Waals surface area contributed by atoms with Crippen molar-refractivity contribution in [1.29, 1.82) is 0 Å². The topological polar surface area (TPSA) is 50.7 Å². The Morgan fingerprint density at radius 1 is 1.26 bits per heavy atom. The van der Waals surface area contributed by atoms with Crippen LogP contribution in [0.15, 0.2) is 24.3 Å². The number of hydrogen-bond donors (Lipinski definition) is 2. The number of rotatable bonds is 9. The Morgan fingerprint density at radius 3 is 2.74 bits per heavy atom. The fourth-order valence-corrected chi connectivity index (χ4v) is 1.65. The van der Waals surface area contributed by atoms with Crippen molar-refractivity contribution in [2.24, 2.45) is 0 Å². The third-order valence-electron chi connectivity index (χ3n) is 2.55. The van der Waals surface area contributed by atoms with Crippen LogP contribution >= 0.6 is 0 Å². The summed E-state index contributed by atoms with van der Waals surface area (Å²) in [6.07, 6.45) is 0.887. The smallest absolute Gasteiger partial charge is 0.119 e. The first-order valence-corrected chi connectivity index (χ1v) is 6.65. The zero-order valence-electron chi connectivity index (χ0n) is 12.1. The first-order chi connectivity index (χ1) is 9.01. The highest BCUT2D eigenvalue weighted by molar-refractivity contribution is 5.28. The van der Waals surface area contributed by atoms with Crippen molar-refractivity contribution in [2.75, 3.05) is 26.9 Å². The highest BCUT2D eigenvalue weighted by atomic mass is 16.5. The summed E-state index contributed by atoms with van der Waals surface area (Å²) in [5.74, 6) is 0.874. The van der Waals surface area contributed by atoms with E-state index in [2.05, 4.69) is 5.32 Å². The summed E-state index contributed by atoms with van der Waals surface area (Å²) in [4.78, 5) is 0. The molecule has 0 aliphatic rings. The average Bonchev–Trinajstić information content (AvgIpc) is 2.34. The second-order valence-corrected chi connectivity index (χ2v) is 5.26. The van der Waals surface area contributed by atoms with Crippen LogP contribution in [0.1, 0.15) is 25.8 Å². The maximum Gasteiger partial charge on any atom is 0.119 e. The van der Waals surface area contributed by atoms with Crippen molar-refractivity contribution in [3.8, 4) is 5.75 Å². The lowest BCUT2D eigenvalue weighted by atomic mass is 10.1. The molecule has 4 nitrogen and oxygen atoms in total. The third kappa shape index (κ3) is 7.82. The molecule has 1 rings (SSSR count). The van der Waals surface area contributed by atoms with E-state index in [1.165, 1.54) is 0 Å². The monoisotopic (exact) mass is 267 g/mol. The van der Waals surface area contributed by atoms with Crippen molar-refractivity contribution < 1.29 is 14.6 Å². The Morgan fingerprint density at radius 2 is 2.05 bits per heavy atom. The second kappa shape index (κ2) is 8.15. The van der Waals surface area contributed by atoms with Gasteiger partial charge in [-0.2, -0.15) is 0 Å². The van der Waals surface area contributed by atoms with Crippen molar-refractivity contribution in [3.63, 3.8) is 0 Å². The summed E-state index contributed by atoms with van der Waals surface area (Å²) in [5, 5.41) is 12.8. The van der Waals surface area contributed by atoms with Gasteiger partial charge in [0.2, 0.25) is 0 Å². The van der Waals surface area contributed by atoms with E-state index in [4.69, 9.17) is 9.47 Å². The van der Waals surface area contributed by atoms with Crippen molar-refractivity contribution in [3.05, 3.63) is 29.8 Å². The van der Waals surface area contributed by atoms with Gasteiger partial charge in [0.05, 0.1) is 12.2 Å². The van der Waals surface area contributed by atoms with Gasteiger partial charge in [-0.05, 0) is 31.5 Å². The van der Waals surface area contributed by atoms with Gasteiger partial charge in [0.25, 0.3) is 0 Å². The number of nitrogens with one attached hydrogen (secondary N) is 1. The highest BCUT2D eigenvalue weighted by Gasteiger charge is 2.10. The normalized spacial score (nSPS) is 11.6. The summed E-state index contributed by atoms with van der Waals surface area (Å²) in [7, 11) is 1.69. The van der Waals surface area contributed by atoms with Crippen LogP contribution in [0.4, 0.5) is 0 Å². The van der Waals surface area contributed by atoms with Crippen LogP contribution in [0.25, 0.3) is 0 Å². The predicted molar refractivity (Wildman–Crippen MR) is 76.4 cm³/mol. The van der Waals surface area contributed by atoms with Crippen LogP contribution in [0.5, 0.6) is 5.75 Å². The molecule has 0 aliphatic heterocycles. The standard InChI is InChI=1S/C15H25NO3/c1-15(2,17)12-16-11-13-6-4-7-14(10-13)19-9-5-8-18-3/h4,6-7,10,16-17H,5,8-9,11-12H2,1-3H3. The maximum absolute atomic E-state index is 9.62. The summed E-state index contributed by atoms with van der Waals surface area (Å²) in [6.45, 7) is 6.23. The molecular formula is C15H25NO3. The molecule has 1 aromatic carbocycles. The van der Waals surface area contributed by atoms with E-state index in [0.29, 0.717) is 19.8 Å². The average molecular weight is 267 g/mol. The minimum atomic E-state index is -0.686. The van der Waals surface area contributed by atoms with E-state index < -0.39 is 5.60 Å². The van der Waals surface area contributed by atoms with Crippen LogP contribution < -0.4 is 10.1 Å². The number of hydrogen-bond acceptors (Lipinski definition) is 4. The maximum atomic E-state index is 9.62. The molecule has 0 saturated carbocycles. The fourth-order valence-electron chi connectivity index (χ4n) is 1.65. The zero-order valence-corrected chi connectivity index (χ0v) is 12.1. The lowest BCUT2D eigenvalue weighted by Gasteiger charge is -2.17. The molecule has 0 amide bonds. The molecule has 0 fully saturated rings. The molecule has 0 bridgehead atoms. The van der Waals surface area contributed by atoms with Crippen LogP contribution in [0.2, 0.25) is 0 Å². The molecule has 108 valence electrons. The molecule has 0 radical (unpaired) electrons. The summed E-state index contributed by atoms with van der Waals surface area (Å²) in [6, 6.07) is 7.99. The molecule has 2 N–H and O–H groups in total. The fraction of sp³-hybridized carbons (Fsp3) is 0.600. The van der Waals surface area contributed by atoms with Gasteiger partial charge in [0.1, 0.15) is 5.75 Å². The van der Waals surface area contributed by atoms with E-state index in [0.717, 1.165) is 24.3 Å². The largest absolute Gasteiger partial charge is 0.493 e. The van der Waals surface area contributed by atoms with Gasteiger partial charge >= 0.3 is 0 Å². The number of benzene rings is 1. The molecule has 0 aliphatic carbocycles. The molecular weight excluding hydrogens is 242 g/mol. The van der Waals surface area contributed by atoms with E-state index in [-0.39, 0.29) is 0 Å². The van der Waals surface area contributed by atoms with Crippen molar-refractivity contribution in [2.45, 2.75) is 32.4 Å². The lowest BCUT2D eigenvalue weighted by Crippen LogP contribution is -2.34. The first-order valence-electron chi connectivity index (χ1n) is 6.65. The molecule has 0 atom stereocenters. The predicted octanol–water partition coefficient (Wildman–Crippen LogP) is 1.96. The van der Waals surface area contributed by atoms with Gasteiger partial charge in [-0.15, -0.1) is 0 Å². The SMILES string of the molecule is COCCCOc1cccc(CNCC(C)(C)O)c1. The Labute approximate surface area is 115 Å². The number of aliphatic hydroxyl groups is 1. The summed E-state index contributed by atoms with van der Waals surface area (Å²) < 4.78 is 10.6. The molecule has 0 spiro atoms. The lowest BCUT2D eigenvalue weighted by molar-refractivity contribution is 0.0795. The van der Waals surface area contributed by atoms with E-state index in [9.17, 15) is 5.11 Å². The van der Waals surface area contributed by atoms with Gasteiger partial charge in [0.15, 0.2) is 0 Å². The van der Waals surface area contributed by atoms with Crippen LogP contribution in [-0.4, -0.2) is 37.6 Å². The van der Waals surface area contributed by atoms with Gasteiger partial charge in [0, 0.05) is 33.2 Å². The molecule has 0 aromatic heterocycles. The van der Waals surface area contributed by atoms with Gasteiger partial charge in [-0.3, -0.25) is 0 Å². The second-order valence-electron chi connectivity index (χ2n) is 5.26. The van der Waals surface area contributed by atoms with Gasteiger partial charge in [-0.25, -0.2) is 0 Å². The van der Waals surface area contributed by atoms with Crippen LogP contribution in [0.3, 0.4) is 0 Å². The summed E-state index contributed by atoms with van der Waals surface area (Å²) >= 11 is 0. The quantitative estimate of drug-likeness (QED) is 0.672. The molecule has 19 heavy (non-hydrogen) atoms. The van der Waals surface area contributed by atoms with Crippen molar-refractivity contribution in [1.82, 2.24) is 5.32 Å². The van der Waals surface area contributed by atoms with Crippen molar-refractivity contribution >= 4 is 0 Å². The third-order valence-corrected chi connectivity index (χ3v) is 2.55. The van der Waals surface area contributed by atoms with Gasteiger partial charge in [-0.1, -0.05) is 12.1 Å². The molecule has 0 heterocycles. The van der Waals surface area contributed by atoms with Gasteiger partial charge < -0.3 is 19.9 Å². The Kier molecular flexibility index (Phi) is 6.84. The molecule has 4 heteroatoms. The molecule has 0 saturated heterocycles. The van der Waals surface area contributed by atoms with E-state index in [1.807, 2.05) is 24.3 Å². The van der Waals surface area contributed by atoms with E-state index >= 15 is 0 Å². The number of methoxy groups -OCH3 is 1.